The minimum absolute atomic E-state index is 0.131. The largest absolute Gasteiger partial charge is 0.339 e. The highest BCUT2D eigenvalue weighted by atomic mass is 16.2. The summed E-state index contributed by atoms with van der Waals surface area (Å²) in [6.45, 7) is 9.12. The van der Waals surface area contributed by atoms with E-state index in [2.05, 4.69) is 0 Å². The first kappa shape index (κ1) is 13.0. The molecule has 1 aliphatic rings. The van der Waals surface area contributed by atoms with Crippen LogP contribution in [0.4, 0.5) is 0 Å². The third-order valence-electron chi connectivity index (χ3n) is 3.16. The zero-order valence-electron chi connectivity index (χ0n) is 10.7. The lowest BCUT2D eigenvalue weighted by molar-refractivity contribution is -0.145. The zero-order valence-corrected chi connectivity index (χ0v) is 10.7. The molecule has 1 rings (SSSR count). The highest BCUT2D eigenvalue weighted by molar-refractivity contribution is 5.78. The molecule has 0 radical (unpaired) electrons. The first-order valence-electron chi connectivity index (χ1n) is 6.10. The van der Waals surface area contributed by atoms with Crippen molar-refractivity contribution in [2.75, 3.05) is 13.1 Å². The van der Waals surface area contributed by atoms with Gasteiger partial charge < -0.3 is 9.80 Å². The summed E-state index contributed by atoms with van der Waals surface area (Å²) < 4.78 is 0. The van der Waals surface area contributed by atoms with E-state index in [0.717, 1.165) is 0 Å². The lowest BCUT2D eigenvalue weighted by atomic mass is 10.1. The Balaban J connectivity index is 2.71. The number of carbonyl (C=O) groups is 2. The maximum Gasteiger partial charge on any atom is 0.222 e. The van der Waals surface area contributed by atoms with Crippen molar-refractivity contribution in [1.82, 2.24) is 9.80 Å². The van der Waals surface area contributed by atoms with Crippen LogP contribution in [0.2, 0.25) is 0 Å². The minimum Gasteiger partial charge on any atom is -0.339 e. The second-order valence-corrected chi connectivity index (χ2v) is 4.50. The Labute approximate surface area is 97.6 Å². The van der Waals surface area contributed by atoms with Crippen molar-refractivity contribution in [2.45, 2.75) is 52.6 Å². The van der Waals surface area contributed by atoms with Gasteiger partial charge in [0.2, 0.25) is 11.8 Å². The zero-order chi connectivity index (χ0) is 12.3. The summed E-state index contributed by atoms with van der Waals surface area (Å²) in [5.41, 5.74) is 0. The molecular weight excluding hydrogens is 204 g/mol. The van der Waals surface area contributed by atoms with Crippen LogP contribution < -0.4 is 0 Å². The van der Waals surface area contributed by atoms with E-state index in [1.54, 1.807) is 0 Å². The molecule has 0 bridgehead atoms. The SMILES string of the molecule is CCC(=O)N1CC(C)N(C(=O)CC)C(C)C1. The fraction of sp³-hybridized carbons (Fsp3) is 0.833. The van der Waals surface area contributed by atoms with Gasteiger partial charge in [-0.05, 0) is 13.8 Å². The Morgan fingerprint density at radius 1 is 1.00 bits per heavy atom. The summed E-state index contributed by atoms with van der Waals surface area (Å²) in [6.07, 6.45) is 1.08. The Bertz CT molecular complexity index is 266. The molecule has 2 atom stereocenters. The van der Waals surface area contributed by atoms with Gasteiger partial charge in [0.1, 0.15) is 0 Å². The van der Waals surface area contributed by atoms with Gasteiger partial charge in [-0.2, -0.15) is 0 Å². The van der Waals surface area contributed by atoms with Crippen LogP contribution in [0.15, 0.2) is 0 Å². The van der Waals surface area contributed by atoms with Crippen LogP contribution in [-0.2, 0) is 9.59 Å². The van der Waals surface area contributed by atoms with Gasteiger partial charge in [-0.3, -0.25) is 9.59 Å². The number of hydrogen-bond acceptors (Lipinski definition) is 2. The molecule has 0 N–H and O–H groups in total. The molecular formula is C12H22N2O2. The summed E-state index contributed by atoms with van der Waals surface area (Å²) in [5, 5.41) is 0. The van der Waals surface area contributed by atoms with Crippen molar-refractivity contribution in [3.63, 3.8) is 0 Å². The van der Waals surface area contributed by atoms with Crippen LogP contribution in [0.3, 0.4) is 0 Å². The van der Waals surface area contributed by atoms with Crippen LogP contribution in [0.25, 0.3) is 0 Å². The van der Waals surface area contributed by atoms with Crippen LogP contribution >= 0.6 is 0 Å². The van der Waals surface area contributed by atoms with Gasteiger partial charge in [0.25, 0.3) is 0 Å². The van der Waals surface area contributed by atoms with E-state index in [-0.39, 0.29) is 23.9 Å². The standard InChI is InChI=1S/C12H22N2O2/c1-5-11(15)13-7-9(3)14(10(4)8-13)12(16)6-2/h9-10H,5-8H2,1-4H3. The maximum absolute atomic E-state index is 11.8. The van der Waals surface area contributed by atoms with Crippen LogP contribution in [0.5, 0.6) is 0 Å². The first-order valence-corrected chi connectivity index (χ1v) is 6.10. The Hall–Kier alpha value is -1.06. The predicted molar refractivity (Wildman–Crippen MR) is 62.9 cm³/mol. The molecule has 0 spiro atoms. The van der Waals surface area contributed by atoms with E-state index < -0.39 is 0 Å². The second-order valence-electron chi connectivity index (χ2n) is 4.50. The monoisotopic (exact) mass is 226 g/mol. The summed E-state index contributed by atoms with van der Waals surface area (Å²) in [5.74, 6) is 0.367. The van der Waals surface area contributed by atoms with Gasteiger partial charge in [0.05, 0.1) is 0 Å². The number of piperazine rings is 1. The average Bonchev–Trinajstić information content (AvgIpc) is 2.26. The molecule has 16 heavy (non-hydrogen) atoms. The predicted octanol–water partition coefficient (Wildman–Crippen LogP) is 1.25. The molecule has 92 valence electrons. The van der Waals surface area contributed by atoms with E-state index >= 15 is 0 Å². The molecule has 4 heteroatoms. The van der Waals surface area contributed by atoms with Gasteiger partial charge in [-0.25, -0.2) is 0 Å². The third-order valence-corrected chi connectivity index (χ3v) is 3.16. The highest BCUT2D eigenvalue weighted by Gasteiger charge is 2.33. The normalized spacial score (nSPS) is 25.8. The smallest absolute Gasteiger partial charge is 0.222 e. The Kier molecular flexibility index (Phi) is 4.33. The first-order chi connectivity index (χ1) is 7.51. The molecule has 1 saturated heterocycles. The average molecular weight is 226 g/mol. The summed E-state index contributed by atoms with van der Waals surface area (Å²) in [6, 6.07) is 0.262. The molecule has 1 aliphatic heterocycles. The molecule has 0 aromatic heterocycles. The van der Waals surface area contributed by atoms with E-state index in [4.69, 9.17) is 0 Å². The van der Waals surface area contributed by atoms with Crippen molar-refractivity contribution >= 4 is 11.8 Å². The number of amides is 2. The highest BCUT2D eigenvalue weighted by Crippen LogP contribution is 2.17. The van der Waals surface area contributed by atoms with E-state index in [1.165, 1.54) is 0 Å². The second kappa shape index (κ2) is 5.32. The molecule has 0 saturated carbocycles. The van der Waals surface area contributed by atoms with Crippen molar-refractivity contribution < 1.29 is 9.59 Å². The number of hydrogen-bond donors (Lipinski definition) is 0. The van der Waals surface area contributed by atoms with E-state index in [0.29, 0.717) is 25.9 Å². The maximum atomic E-state index is 11.8. The van der Waals surface area contributed by atoms with Crippen molar-refractivity contribution in [3.8, 4) is 0 Å². The number of rotatable bonds is 2. The molecule has 0 aliphatic carbocycles. The van der Waals surface area contributed by atoms with Crippen LogP contribution in [-0.4, -0.2) is 46.8 Å². The minimum atomic E-state index is 0.131. The fourth-order valence-electron chi connectivity index (χ4n) is 2.42. The lowest BCUT2D eigenvalue weighted by Crippen LogP contribution is -2.59. The molecule has 1 heterocycles. The van der Waals surface area contributed by atoms with Crippen LogP contribution in [0.1, 0.15) is 40.5 Å². The van der Waals surface area contributed by atoms with Gasteiger partial charge in [-0.15, -0.1) is 0 Å². The van der Waals surface area contributed by atoms with E-state index in [1.807, 2.05) is 37.5 Å². The van der Waals surface area contributed by atoms with Crippen molar-refractivity contribution in [1.29, 1.82) is 0 Å². The van der Waals surface area contributed by atoms with Gasteiger partial charge >= 0.3 is 0 Å². The molecule has 2 amide bonds. The van der Waals surface area contributed by atoms with Gasteiger partial charge in [0, 0.05) is 38.0 Å². The van der Waals surface area contributed by atoms with Gasteiger partial charge in [-0.1, -0.05) is 13.8 Å². The van der Waals surface area contributed by atoms with Crippen molar-refractivity contribution in [3.05, 3.63) is 0 Å². The Morgan fingerprint density at radius 2 is 1.44 bits per heavy atom. The molecule has 0 aromatic rings. The fourth-order valence-corrected chi connectivity index (χ4v) is 2.42. The molecule has 4 nitrogen and oxygen atoms in total. The molecule has 1 fully saturated rings. The Morgan fingerprint density at radius 3 is 1.81 bits per heavy atom. The van der Waals surface area contributed by atoms with E-state index in [9.17, 15) is 9.59 Å². The molecule has 2 unspecified atom stereocenters. The lowest BCUT2D eigenvalue weighted by Gasteiger charge is -2.44. The summed E-state index contributed by atoms with van der Waals surface area (Å²) >= 11 is 0. The van der Waals surface area contributed by atoms with Gasteiger partial charge in [0.15, 0.2) is 0 Å². The number of nitrogens with zero attached hydrogens (tertiary/aromatic N) is 2. The third kappa shape index (κ3) is 2.54. The molecule has 0 aromatic carbocycles. The van der Waals surface area contributed by atoms with Crippen molar-refractivity contribution in [2.24, 2.45) is 0 Å². The summed E-state index contributed by atoms with van der Waals surface area (Å²) in [4.78, 5) is 27.2. The summed E-state index contributed by atoms with van der Waals surface area (Å²) in [7, 11) is 0. The topological polar surface area (TPSA) is 40.6 Å². The number of carbonyl (C=O) groups excluding carboxylic acids is 2. The quantitative estimate of drug-likeness (QED) is 0.711. The van der Waals surface area contributed by atoms with Crippen LogP contribution in [0, 0.1) is 0 Å².